The summed E-state index contributed by atoms with van der Waals surface area (Å²) >= 11 is 3.41. The van der Waals surface area contributed by atoms with Gasteiger partial charge in [0.05, 0.1) is 18.0 Å². The Hall–Kier alpha value is -2.04. The van der Waals surface area contributed by atoms with Crippen LogP contribution in [-0.2, 0) is 11.2 Å². The number of hydrogen-bond donors (Lipinski definition) is 2. The Kier molecular flexibility index (Phi) is 6.89. The fraction of sp³-hybridized carbons (Fsp3) is 0.640. The molecular weight excluding hydrogens is 482 g/mol. The van der Waals surface area contributed by atoms with Crippen LogP contribution < -0.4 is 5.32 Å². The molecule has 3 heterocycles. The summed E-state index contributed by atoms with van der Waals surface area (Å²) in [6, 6.07) is 0. The normalized spacial score (nSPS) is 31.3. The van der Waals surface area contributed by atoms with E-state index in [9.17, 15) is 14.7 Å². The quantitative estimate of drug-likeness (QED) is 0.642. The first-order valence-corrected chi connectivity index (χ1v) is 14.4. The molecule has 0 unspecified atom stereocenters. The molecule has 35 heavy (non-hydrogen) atoms. The summed E-state index contributed by atoms with van der Waals surface area (Å²) in [6.45, 7) is 8.01. The Morgan fingerprint density at radius 1 is 1.29 bits per heavy atom. The minimum Gasteiger partial charge on any atom is -0.392 e. The third kappa shape index (κ3) is 4.60. The maximum absolute atomic E-state index is 13.2. The van der Waals surface area contributed by atoms with E-state index in [0.29, 0.717) is 5.13 Å². The van der Waals surface area contributed by atoms with Gasteiger partial charge in [0.25, 0.3) is 5.91 Å². The van der Waals surface area contributed by atoms with Crippen LogP contribution in [0.25, 0.3) is 0 Å². The molecule has 0 bridgehead atoms. The van der Waals surface area contributed by atoms with Crippen molar-refractivity contribution in [2.75, 3.05) is 29.9 Å². The highest BCUT2D eigenvalue weighted by atomic mass is 32.2. The molecule has 8 nitrogen and oxygen atoms in total. The van der Waals surface area contributed by atoms with Gasteiger partial charge in [-0.25, -0.2) is 9.97 Å². The van der Waals surface area contributed by atoms with E-state index in [1.165, 1.54) is 34.8 Å². The van der Waals surface area contributed by atoms with E-state index < -0.39 is 6.10 Å². The summed E-state index contributed by atoms with van der Waals surface area (Å²) in [7, 11) is 0. The van der Waals surface area contributed by atoms with E-state index >= 15 is 0 Å². The summed E-state index contributed by atoms with van der Waals surface area (Å²) in [5.74, 6) is 1.66. The van der Waals surface area contributed by atoms with Crippen LogP contribution in [0.15, 0.2) is 18.6 Å². The van der Waals surface area contributed by atoms with Crippen molar-refractivity contribution >= 4 is 40.0 Å². The topological polar surface area (TPSA) is 108 Å². The van der Waals surface area contributed by atoms with Crippen LogP contribution in [0.3, 0.4) is 0 Å². The average Bonchev–Trinajstić information content (AvgIpc) is 3.26. The first-order chi connectivity index (χ1) is 16.8. The number of amides is 2. The van der Waals surface area contributed by atoms with Crippen LogP contribution in [0.2, 0.25) is 0 Å². The standard InChI is InChI=1S/C25H33N5O3S2/c1-14(23(33)30-8-10-34-11-9-30)16-4-5-25(3)12-18-20(15(2)19(25)21(16)31)28-24(35-18)29-22(32)17-13-26-6-7-27-17/h6-7,13-16,19,21,31H,4-5,8-12H2,1-3H3,(H,28,29,32)/t14-,15-,16+,19+,21-,25-/m0/s1. The number of hydrogen-bond acceptors (Lipinski definition) is 8. The van der Waals surface area contributed by atoms with Crippen molar-refractivity contribution < 1.29 is 14.7 Å². The molecule has 6 atom stereocenters. The molecule has 2 aliphatic carbocycles. The second kappa shape index (κ2) is 9.78. The van der Waals surface area contributed by atoms with Gasteiger partial charge in [0.2, 0.25) is 5.91 Å². The van der Waals surface area contributed by atoms with E-state index in [-0.39, 0.29) is 46.6 Å². The third-order valence-corrected chi connectivity index (χ3v) is 10.2. The van der Waals surface area contributed by atoms with Crippen LogP contribution in [0.1, 0.15) is 60.6 Å². The maximum atomic E-state index is 13.2. The van der Waals surface area contributed by atoms with Crippen LogP contribution in [-0.4, -0.2) is 67.5 Å². The zero-order valence-corrected chi connectivity index (χ0v) is 22.1. The summed E-state index contributed by atoms with van der Waals surface area (Å²) in [5.41, 5.74) is 1.14. The molecule has 188 valence electrons. The number of carbonyl (C=O) groups is 2. The Bertz CT molecular complexity index is 1090. The number of aliphatic hydroxyl groups is 1. The summed E-state index contributed by atoms with van der Waals surface area (Å²) in [4.78, 5) is 41.8. The first-order valence-electron chi connectivity index (χ1n) is 12.4. The smallest absolute Gasteiger partial charge is 0.277 e. The van der Waals surface area contributed by atoms with Gasteiger partial charge in [-0.3, -0.25) is 19.9 Å². The minimum absolute atomic E-state index is 0.0200. The molecule has 2 fully saturated rings. The van der Waals surface area contributed by atoms with Crippen molar-refractivity contribution in [2.45, 2.75) is 52.1 Å². The number of nitrogens with zero attached hydrogens (tertiary/aromatic N) is 4. The molecule has 0 radical (unpaired) electrons. The van der Waals surface area contributed by atoms with Gasteiger partial charge in [0, 0.05) is 53.7 Å². The molecule has 1 saturated carbocycles. The number of aliphatic hydroxyl groups excluding tert-OH is 1. The largest absolute Gasteiger partial charge is 0.392 e. The molecule has 5 rings (SSSR count). The van der Waals surface area contributed by atoms with Crippen molar-refractivity contribution in [2.24, 2.45) is 23.2 Å². The first kappa shape index (κ1) is 24.6. The van der Waals surface area contributed by atoms with E-state index in [4.69, 9.17) is 4.98 Å². The number of thiazole rings is 1. The average molecular weight is 516 g/mol. The lowest BCUT2D eigenvalue weighted by Gasteiger charge is -2.53. The van der Waals surface area contributed by atoms with E-state index in [1.807, 2.05) is 23.6 Å². The number of aromatic nitrogens is 3. The van der Waals surface area contributed by atoms with Crippen molar-refractivity contribution in [3.05, 3.63) is 34.9 Å². The number of nitrogens with one attached hydrogen (secondary N) is 1. The van der Waals surface area contributed by atoms with Gasteiger partial charge >= 0.3 is 0 Å². The molecule has 3 aliphatic rings. The lowest BCUT2D eigenvalue weighted by Crippen LogP contribution is -2.54. The molecule has 2 amide bonds. The number of anilines is 1. The molecule has 2 aromatic heterocycles. The highest BCUT2D eigenvalue weighted by molar-refractivity contribution is 7.99. The lowest BCUT2D eigenvalue weighted by molar-refractivity contribution is -0.144. The van der Waals surface area contributed by atoms with Crippen LogP contribution in [0.4, 0.5) is 5.13 Å². The van der Waals surface area contributed by atoms with E-state index in [2.05, 4.69) is 29.1 Å². The van der Waals surface area contributed by atoms with Crippen molar-refractivity contribution in [3.8, 4) is 0 Å². The molecule has 10 heteroatoms. The summed E-state index contributed by atoms with van der Waals surface area (Å²) in [6.07, 6.45) is 6.53. The third-order valence-electron chi connectivity index (χ3n) is 8.29. The van der Waals surface area contributed by atoms with Gasteiger partial charge in [-0.2, -0.15) is 11.8 Å². The Morgan fingerprint density at radius 3 is 2.77 bits per heavy atom. The molecule has 2 aromatic rings. The highest BCUT2D eigenvalue weighted by Gasteiger charge is 2.54. The Labute approximate surface area is 214 Å². The van der Waals surface area contributed by atoms with Gasteiger partial charge in [-0.1, -0.05) is 20.8 Å². The van der Waals surface area contributed by atoms with Gasteiger partial charge in [-0.05, 0) is 36.5 Å². The number of carbonyl (C=O) groups excluding carboxylic acids is 2. The zero-order chi connectivity index (χ0) is 24.7. The van der Waals surface area contributed by atoms with Gasteiger partial charge < -0.3 is 10.0 Å². The molecule has 0 spiro atoms. The molecular formula is C25H33N5O3S2. The number of rotatable bonds is 4. The predicted octanol–water partition coefficient (Wildman–Crippen LogP) is 3.45. The van der Waals surface area contributed by atoms with Crippen LogP contribution in [0.5, 0.6) is 0 Å². The fourth-order valence-electron chi connectivity index (χ4n) is 6.43. The monoisotopic (exact) mass is 515 g/mol. The lowest BCUT2D eigenvalue weighted by atomic mass is 9.53. The van der Waals surface area contributed by atoms with Crippen molar-refractivity contribution in [3.63, 3.8) is 0 Å². The SMILES string of the molecule is C[C@H](C(=O)N1CCSCC1)[C@H]1CC[C@@]2(C)Cc3sc(NC(=O)c4cnccn4)nc3[C@@H](C)[C@@H]2[C@H]1O. The highest BCUT2D eigenvalue weighted by Crippen LogP contribution is 2.57. The van der Waals surface area contributed by atoms with Crippen molar-refractivity contribution in [1.82, 2.24) is 19.9 Å². The molecule has 1 aliphatic heterocycles. The maximum Gasteiger partial charge on any atom is 0.277 e. The minimum atomic E-state index is -0.561. The molecule has 0 aromatic carbocycles. The summed E-state index contributed by atoms with van der Waals surface area (Å²) < 4.78 is 0. The van der Waals surface area contributed by atoms with Crippen molar-refractivity contribution in [1.29, 1.82) is 0 Å². The van der Waals surface area contributed by atoms with E-state index in [0.717, 1.165) is 49.6 Å². The number of thioether (sulfide) groups is 1. The molecule has 2 N–H and O–H groups in total. The van der Waals surface area contributed by atoms with Gasteiger partial charge in [0.15, 0.2) is 5.13 Å². The summed E-state index contributed by atoms with van der Waals surface area (Å²) in [5, 5.41) is 15.1. The fourth-order valence-corrected chi connectivity index (χ4v) is 8.59. The van der Waals surface area contributed by atoms with Gasteiger partial charge in [0.1, 0.15) is 5.69 Å². The van der Waals surface area contributed by atoms with Crippen LogP contribution in [0, 0.1) is 23.2 Å². The van der Waals surface area contributed by atoms with Crippen LogP contribution >= 0.6 is 23.1 Å². The Morgan fingerprint density at radius 2 is 2.06 bits per heavy atom. The second-order valence-electron chi connectivity index (χ2n) is 10.4. The Balaban J connectivity index is 1.34. The zero-order valence-electron chi connectivity index (χ0n) is 20.4. The van der Waals surface area contributed by atoms with Gasteiger partial charge in [-0.15, -0.1) is 11.3 Å². The number of fused-ring (bicyclic) bond motifs is 2. The van der Waals surface area contributed by atoms with E-state index in [1.54, 1.807) is 0 Å². The molecule has 1 saturated heterocycles. The predicted molar refractivity (Wildman–Crippen MR) is 138 cm³/mol. The second-order valence-corrected chi connectivity index (χ2v) is 12.7.